The van der Waals surface area contributed by atoms with Gasteiger partial charge in [-0.2, -0.15) is 0 Å². The Kier molecular flexibility index (Phi) is 16.7. The molecule has 0 saturated heterocycles. The summed E-state index contributed by atoms with van der Waals surface area (Å²) in [5, 5.41) is 9.68. The second-order valence-corrected chi connectivity index (χ2v) is 20.0. The van der Waals surface area contributed by atoms with Crippen LogP contribution in [-0.2, 0) is 30.2 Å². The standard InChI is InChI=1S/C35H53N3O7.C14H20O4/c1-22-8-13-27(28(14-22)42-7)45-30(40)37-26-11-9-25(10-12-26)36-21-32(3,4)29(39)43-23(2)44-31(41)38-35-17-24-15-33(5,19-35)18-34(6,16-24)20-35;1-4-11(9-18-10-15)7-12-5-6-13(16-2)14(8-12)17-3/h8,13-14,23-26,36H,9-12,15-21H2,1-7H3,(H,37,40)(H,38,41);5-6,8,10-11H,4,7,9H2,1-3H3. The molecule has 0 spiro atoms. The van der Waals surface area contributed by atoms with Crippen molar-refractivity contribution in [3.63, 3.8) is 0 Å². The Bertz CT molecular complexity index is 1860. The van der Waals surface area contributed by atoms with E-state index in [1.54, 1.807) is 34.3 Å². The number of esters is 1. The van der Waals surface area contributed by atoms with Gasteiger partial charge >= 0.3 is 18.2 Å². The minimum atomic E-state index is -0.988. The highest BCUT2D eigenvalue weighted by Gasteiger charge is 2.60. The van der Waals surface area contributed by atoms with Gasteiger partial charge in [0.05, 0.1) is 33.4 Å². The second kappa shape index (κ2) is 21.3. The van der Waals surface area contributed by atoms with Crippen LogP contribution in [-0.4, -0.2) is 83.0 Å². The van der Waals surface area contributed by atoms with Crippen molar-refractivity contribution in [3.8, 4) is 23.0 Å². The average molecular weight is 880 g/mol. The van der Waals surface area contributed by atoms with Crippen LogP contribution in [0.15, 0.2) is 36.4 Å². The van der Waals surface area contributed by atoms with Gasteiger partial charge in [0, 0.05) is 31.1 Å². The summed E-state index contributed by atoms with van der Waals surface area (Å²) in [4.78, 5) is 48.7. The molecular weight excluding hydrogens is 807 g/mol. The van der Waals surface area contributed by atoms with Crippen LogP contribution in [0, 0.1) is 35.0 Å². The van der Waals surface area contributed by atoms with Crippen molar-refractivity contribution in [3.05, 3.63) is 47.5 Å². The first-order valence-corrected chi connectivity index (χ1v) is 22.7. The Morgan fingerprint density at radius 3 is 2.03 bits per heavy atom. The molecule has 2 aromatic rings. The van der Waals surface area contributed by atoms with E-state index in [-0.39, 0.29) is 28.5 Å². The number of rotatable bonds is 18. The van der Waals surface area contributed by atoms with E-state index in [9.17, 15) is 19.2 Å². The molecule has 7 rings (SSSR count). The van der Waals surface area contributed by atoms with Crippen molar-refractivity contribution in [2.75, 3.05) is 34.5 Å². The summed E-state index contributed by atoms with van der Waals surface area (Å²) in [7, 11) is 4.78. The molecule has 14 nitrogen and oxygen atoms in total. The van der Waals surface area contributed by atoms with Gasteiger partial charge in [0.25, 0.3) is 6.47 Å². The van der Waals surface area contributed by atoms with Gasteiger partial charge < -0.3 is 49.1 Å². The maximum absolute atomic E-state index is 13.1. The molecule has 5 aliphatic rings. The molecular formula is C49H73N3O11. The first-order chi connectivity index (χ1) is 29.8. The number of hydrogen-bond acceptors (Lipinski definition) is 12. The molecule has 4 unspecified atom stereocenters. The van der Waals surface area contributed by atoms with Crippen molar-refractivity contribution in [2.45, 2.75) is 149 Å². The van der Waals surface area contributed by atoms with E-state index >= 15 is 0 Å². The summed E-state index contributed by atoms with van der Waals surface area (Å²) >= 11 is 0. The fourth-order valence-electron chi connectivity index (χ4n) is 11.2. The summed E-state index contributed by atoms with van der Waals surface area (Å²) in [6.07, 6.45) is 9.81. The number of hydrogen-bond donors (Lipinski definition) is 3. The number of alkyl carbamates (subject to hydrolysis) is 1. The third-order valence-corrected chi connectivity index (χ3v) is 13.4. The molecule has 0 aromatic heterocycles. The molecule has 2 aromatic carbocycles. The third-order valence-electron chi connectivity index (χ3n) is 13.4. The molecule has 63 heavy (non-hydrogen) atoms. The molecule has 5 aliphatic carbocycles. The van der Waals surface area contributed by atoms with Crippen molar-refractivity contribution in [1.82, 2.24) is 16.0 Å². The molecule has 14 heteroatoms. The monoisotopic (exact) mass is 880 g/mol. The van der Waals surface area contributed by atoms with E-state index in [1.165, 1.54) is 19.3 Å². The lowest BCUT2D eigenvalue weighted by Gasteiger charge is -2.65. The van der Waals surface area contributed by atoms with Crippen molar-refractivity contribution in [1.29, 1.82) is 0 Å². The molecule has 5 saturated carbocycles. The predicted molar refractivity (Wildman–Crippen MR) is 239 cm³/mol. The van der Waals surface area contributed by atoms with Gasteiger partial charge in [0.15, 0.2) is 23.0 Å². The zero-order valence-corrected chi connectivity index (χ0v) is 39.3. The van der Waals surface area contributed by atoms with Crippen LogP contribution >= 0.6 is 0 Å². The number of methoxy groups -OCH3 is 3. The lowest BCUT2D eigenvalue weighted by molar-refractivity contribution is -0.176. The van der Waals surface area contributed by atoms with Crippen LogP contribution < -0.4 is 34.9 Å². The van der Waals surface area contributed by atoms with Crippen LogP contribution in [0.3, 0.4) is 0 Å². The lowest BCUT2D eigenvalue weighted by atomic mass is 9.43. The summed E-state index contributed by atoms with van der Waals surface area (Å²) in [5.41, 5.74) is 1.67. The third kappa shape index (κ3) is 13.6. The summed E-state index contributed by atoms with van der Waals surface area (Å²) < 4.78 is 37.2. The van der Waals surface area contributed by atoms with E-state index < -0.39 is 29.9 Å². The molecule has 0 heterocycles. The number of benzene rings is 2. The van der Waals surface area contributed by atoms with Crippen LogP contribution in [0.4, 0.5) is 9.59 Å². The van der Waals surface area contributed by atoms with E-state index in [2.05, 4.69) is 36.7 Å². The minimum absolute atomic E-state index is 0.0123. The van der Waals surface area contributed by atoms with E-state index in [0.29, 0.717) is 43.0 Å². The zero-order valence-electron chi connectivity index (χ0n) is 39.3. The maximum atomic E-state index is 13.1. The summed E-state index contributed by atoms with van der Waals surface area (Å²) in [6, 6.07) is 11.5. The zero-order chi connectivity index (χ0) is 46.0. The van der Waals surface area contributed by atoms with E-state index in [1.807, 2.05) is 51.1 Å². The highest BCUT2D eigenvalue weighted by atomic mass is 16.7. The Morgan fingerprint density at radius 2 is 1.43 bits per heavy atom. The highest BCUT2D eigenvalue weighted by molar-refractivity contribution is 5.76. The van der Waals surface area contributed by atoms with Crippen LogP contribution in [0.5, 0.6) is 23.0 Å². The van der Waals surface area contributed by atoms with Gasteiger partial charge in [0.2, 0.25) is 6.29 Å². The number of carbonyl (C=O) groups excluding carboxylic acids is 4. The number of aryl methyl sites for hydroxylation is 1. The van der Waals surface area contributed by atoms with Crippen LogP contribution in [0.25, 0.3) is 0 Å². The largest absolute Gasteiger partial charge is 0.493 e. The number of nitrogens with one attached hydrogen (secondary N) is 3. The smallest absolute Gasteiger partial charge is 0.412 e. The van der Waals surface area contributed by atoms with E-state index in [0.717, 1.165) is 80.4 Å². The second-order valence-electron chi connectivity index (χ2n) is 20.0. The van der Waals surface area contributed by atoms with Gasteiger partial charge in [-0.1, -0.05) is 32.9 Å². The fourth-order valence-corrected chi connectivity index (χ4v) is 11.2. The lowest BCUT2D eigenvalue weighted by Crippen LogP contribution is -2.65. The van der Waals surface area contributed by atoms with Gasteiger partial charge in [-0.3, -0.25) is 9.59 Å². The predicted octanol–water partition coefficient (Wildman–Crippen LogP) is 8.83. The van der Waals surface area contributed by atoms with Gasteiger partial charge in [-0.25, -0.2) is 9.59 Å². The first kappa shape index (κ1) is 49.3. The number of carbonyl (C=O) groups is 4. The Hall–Kier alpha value is -4.72. The molecule has 3 N–H and O–H groups in total. The van der Waals surface area contributed by atoms with Crippen LogP contribution in [0.1, 0.15) is 123 Å². The molecule has 4 bridgehead atoms. The Labute approximate surface area is 374 Å². The first-order valence-electron chi connectivity index (χ1n) is 22.7. The quantitative estimate of drug-likeness (QED) is 0.0740. The number of amides is 2. The normalized spacial score (nSPS) is 26.7. The average Bonchev–Trinajstić information content (AvgIpc) is 3.21. The van der Waals surface area contributed by atoms with Gasteiger partial charge in [0.1, 0.15) is 0 Å². The van der Waals surface area contributed by atoms with Gasteiger partial charge in [-0.05, 0) is 156 Å². The Morgan fingerprint density at radius 1 is 0.810 bits per heavy atom. The van der Waals surface area contributed by atoms with Crippen molar-refractivity contribution < 1.29 is 52.3 Å². The van der Waals surface area contributed by atoms with Gasteiger partial charge in [-0.15, -0.1) is 0 Å². The molecule has 350 valence electrons. The van der Waals surface area contributed by atoms with Crippen LogP contribution in [0.2, 0.25) is 0 Å². The molecule has 0 radical (unpaired) electrons. The highest BCUT2D eigenvalue weighted by Crippen LogP contribution is 2.66. The summed E-state index contributed by atoms with van der Waals surface area (Å²) in [5.74, 6) is 2.90. The minimum Gasteiger partial charge on any atom is -0.493 e. The molecule has 0 aliphatic heterocycles. The maximum Gasteiger partial charge on any atom is 0.412 e. The fraction of sp³-hybridized carbons (Fsp3) is 0.673. The molecule has 2 amide bonds. The SMILES string of the molecule is CCC(COC=O)Cc1ccc(OC)c(OC)c1.COc1cc(C)ccc1OC(=O)NC1CCC(NCC(C)(C)C(=O)OC(C)OC(=O)NC23CC4CC(C)(CC(C)(C4)C2)C3)CC1. The van der Waals surface area contributed by atoms with E-state index in [4.69, 9.17) is 33.2 Å². The van der Waals surface area contributed by atoms with Crippen molar-refractivity contribution in [2.24, 2.45) is 28.1 Å². The molecule has 5 fully saturated rings. The summed E-state index contributed by atoms with van der Waals surface area (Å²) in [6.45, 7) is 15.4. The van der Waals surface area contributed by atoms with Crippen molar-refractivity contribution >= 4 is 24.6 Å². The number of ether oxygens (including phenoxy) is 7. The molecule has 4 atom stereocenters. The Balaban J connectivity index is 0.000000349. The topological polar surface area (TPSA) is 169 Å².